The molecule has 94 valence electrons. The molecule has 5 heteroatoms. The molecule has 0 bridgehead atoms. The van der Waals surface area contributed by atoms with E-state index in [0.717, 1.165) is 0 Å². The number of aliphatic hydroxyl groups excluding tert-OH is 3. The zero-order valence-corrected chi connectivity index (χ0v) is 9.61. The van der Waals surface area contributed by atoms with E-state index < -0.39 is 11.4 Å². The smallest absolute Gasteiger partial charge is 0.333 e. The molecule has 0 aliphatic rings. The average molecular weight is 232 g/mol. The molecular weight excluding hydrogens is 212 g/mol. The van der Waals surface area contributed by atoms with E-state index in [4.69, 9.17) is 15.3 Å². The van der Waals surface area contributed by atoms with Crippen molar-refractivity contribution in [3.8, 4) is 0 Å². The fourth-order valence-corrected chi connectivity index (χ4v) is 1.31. The van der Waals surface area contributed by atoms with Gasteiger partial charge in [0.05, 0.1) is 26.9 Å². The second-order valence-electron chi connectivity index (χ2n) is 3.92. The van der Waals surface area contributed by atoms with Crippen LogP contribution < -0.4 is 0 Å². The lowest BCUT2D eigenvalue weighted by Crippen LogP contribution is -2.33. The van der Waals surface area contributed by atoms with Crippen LogP contribution in [0.4, 0.5) is 0 Å². The number of carbonyl (C=O) groups excluding carboxylic acids is 1. The number of methoxy groups -OCH3 is 1. The maximum absolute atomic E-state index is 11.0. The number of hydrogen-bond acceptors (Lipinski definition) is 5. The number of rotatable bonds is 8. The minimum Gasteiger partial charge on any atom is -0.466 e. The Kier molecular flexibility index (Phi) is 6.96. The van der Waals surface area contributed by atoms with Crippen LogP contribution in [-0.2, 0) is 9.53 Å². The third-order valence-corrected chi connectivity index (χ3v) is 2.67. The van der Waals surface area contributed by atoms with Crippen molar-refractivity contribution < 1.29 is 24.9 Å². The molecule has 5 nitrogen and oxygen atoms in total. The van der Waals surface area contributed by atoms with Gasteiger partial charge in [-0.3, -0.25) is 0 Å². The van der Waals surface area contributed by atoms with Crippen molar-refractivity contribution in [2.45, 2.75) is 19.3 Å². The summed E-state index contributed by atoms with van der Waals surface area (Å²) in [6.07, 6.45) is 1.40. The third kappa shape index (κ3) is 4.30. The van der Waals surface area contributed by atoms with E-state index in [0.29, 0.717) is 24.8 Å². The van der Waals surface area contributed by atoms with Crippen LogP contribution in [-0.4, -0.2) is 48.2 Å². The minimum atomic E-state index is -0.879. The zero-order valence-electron chi connectivity index (χ0n) is 9.61. The van der Waals surface area contributed by atoms with Crippen molar-refractivity contribution in [2.24, 2.45) is 5.41 Å². The number of ether oxygens (including phenoxy) is 1. The minimum absolute atomic E-state index is 0.287. The van der Waals surface area contributed by atoms with E-state index >= 15 is 0 Å². The largest absolute Gasteiger partial charge is 0.466 e. The summed E-state index contributed by atoms with van der Waals surface area (Å²) in [6.45, 7) is 2.70. The lowest BCUT2D eigenvalue weighted by atomic mass is 9.85. The lowest BCUT2D eigenvalue weighted by Gasteiger charge is -2.27. The molecule has 0 radical (unpaired) electrons. The van der Waals surface area contributed by atoms with E-state index in [1.807, 2.05) is 0 Å². The predicted molar refractivity (Wildman–Crippen MR) is 58.7 cm³/mol. The van der Waals surface area contributed by atoms with Crippen LogP contribution in [0.5, 0.6) is 0 Å². The maximum atomic E-state index is 11.0. The molecule has 0 aliphatic carbocycles. The molecule has 0 heterocycles. The average Bonchev–Trinajstić information content (AvgIpc) is 2.34. The van der Waals surface area contributed by atoms with Gasteiger partial charge < -0.3 is 20.1 Å². The van der Waals surface area contributed by atoms with Crippen LogP contribution >= 0.6 is 0 Å². The van der Waals surface area contributed by atoms with Gasteiger partial charge in [-0.2, -0.15) is 0 Å². The van der Waals surface area contributed by atoms with Gasteiger partial charge in [0.1, 0.15) is 0 Å². The highest BCUT2D eigenvalue weighted by Gasteiger charge is 2.27. The van der Waals surface area contributed by atoms with Gasteiger partial charge >= 0.3 is 5.97 Å². The number of aliphatic hydroxyl groups is 3. The van der Waals surface area contributed by atoms with Crippen LogP contribution in [0, 0.1) is 5.41 Å². The molecule has 3 N–H and O–H groups in total. The molecule has 0 aromatic heterocycles. The van der Waals surface area contributed by atoms with Crippen molar-refractivity contribution in [3.05, 3.63) is 12.2 Å². The summed E-state index contributed by atoms with van der Waals surface area (Å²) < 4.78 is 4.49. The molecule has 0 rings (SSSR count). The van der Waals surface area contributed by atoms with Gasteiger partial charge in [0.2, 0.25) is 0 Å². The molecule has 0 saturated heterocycles. The normalized spacial score (nSPS) is 11.2. The molecule has 0 aliphatic heterocycles. The molecule has 0 spiro atoms. The monoisotopic (exact) mass is 232 g/mol. The molecule has 0 atom stereocenters. The van der Waals surface area contributed by atoms with E-state index in [1.165, 1.54) is 7.11 Å². The van der Waals surface area contributed by atoms with E-state index in [-0.39, 0.29) is 19.8 Å². The molecular formula is C11H20O5. The van der Waals surface area contributed by atoms with Gasteiger partial charge in [-0.15, -0.1) is 0 Å². The number of esters is 1. The van der Waals surface area contributed by atoms with Crippen molar-refractivity contribution in [3.63, 3.8) is 0 Å². The molecule has 0 aromatic rings. The molecule has 16 heavy (non-hydrogen) atoms. The molecule has 0 saturated carbocycles. The van der Waals surface area contributed by atoms with Crippen molar-refractivity contribution in [1.29, 1.82) is 0 Å². The van der Waals surface area contributed by atoms with Gasteiger partial charge in [0, 0.05) is 11.0 Å². The lowest BCUT2D eigenvalue weighted by molar-refractivity contribution is -0.136. The highest BCUT2D eigenvalue weighted by molar-refractivity contribution is 5.87. The summed E-state index contributed by atoms with van der Waals surface area (Å²) in [5, 5.41) is 27.2. The fraction of sp³-hybridized carbons (Fsp3) is 0.727. The van der Waals surface area contributed by atoms with Gasteiger partial charge in [0.15, 0.2) is 0 Å². The van der Waals surface area contributed by atoms with E-state index in [2.05, 4.69) is 11.3 Å². The first kappa shape index (κ1) is 15.1. The first-order chi connectivity index (χ1) is 7.55. The highest BCUT2D eigenvalue weighted by atomic mass is 16.5. The molecule has 0 amide bonds. The van der Waals surface area contributed by atoms with Gasteiger partial charge in [-0.05, 0) is 19.3 Å². The van der Waals surface area contributed by atoms with Crippen LogP contribution in [0.15, 0.2) is 12.2 Å². The summed E-state index contributed by atoms with van der Waals surface area (Å²) in [5.41, 5.74) is -0.527. The summed E-state index contributed by atoms with van der Waals surface area (Å²) in [4.78, 5) is 11.0. The Labute approximate surface area is 95.4 Å². The number of hydrogen-bond donors (Lipinski definition) is 3. The van der Waals surface area contributed by atoms with Crippen molar-refractivity contribution >= 4 is 5.97 Å². The quantitative estimate of drug-likeness (QED) is 0.400. The zero-order chi connectivity index (χ0) is 12.6. The molecule has 0 unspecified atom stereocenters. The van der Waals surface area contributed by atoms with Gasteiger partial charge in [0.25, 0.3) is 0 Å². The number of carbonyl (C=O) groups is 1. The summed E-state index contributed by atoms with van der Waals surface area (Å²) in [7, 11) is 1.28. The molecule has 0 fully saturated rings. The first-order valence-electron chi connectivity index (χ1n) is 5.14. The Morgan fingerprint density at radius 3 is 2.12 bits per heavy atom. The Morgan fingerprint density at radius 1 is 1.25 bits per heavy atom. The van der Waals surface area contributed by atoms with Crippen molar-refractivity contribution in [1.82, 2.24) is 0 Å². The standard InChI is InChI=1S/C11H20O5/c1-9(10(15)16-2)4-3-5-11(6-12,7-13)8-14/h12-14H,1,3-8H2,2H3. The molecule has 0 aromatic carbocycles. The van der Waals surface area contributed by atoms with E-state index in [9.17, 15) is 4.79 Å². The predicted octanol–water partition coefficient (Wildman–Crippen LogP) is -0.151. The highest BCUT2D eigenvalue weighted by Crippen LogP contribution is 2.24. The van der Waals surface area contributed by atoms with Gasteiger partial charge in [-0.1, -0.05) is 6.58 Å². The Morgan fingerprint density at radius 2 is 1.75 bits per heavy atom. The maximum Gasteiger partial charge on any atom is 0.333 e. The van der Waals surface area contributed by atoms with Crippen LogP contribution in [0.2, 0.25) is 0 Å². The topological polar surface area (TPSA) is 87.0 Å². The second kappa shape index (κ2) is 7.38. The van der Waals surface area contributed by atoms with E-state index in [1.54, 1.807) is 0 Å². The summed E-state index contributed by atoms with van der Waals surface area (Å²) in [6, 6.07) is 0. The Bertz CT molecular complexity index is 224. The summed E-state index contributed by atoms with van der Waals surface area (Å²) >= 11 is 0. The van der Waals surface area contributed by atoms with Crippen LogP contribution in [0.1, 0.15) is 19.3 Å². The summed E-state index contributed by atoms with van der Waals surface area (Å²) in [5.74, 6) is -0.456. The first-order valence-corrected chi connectivity index (χ1v) is 5.14. The second-order valence-corrected chi connectivity index (χ2v) is 3.92. The Hall–Kier alpha value is -0.910. The third-order valence-electron chi connectivity index (χ3n) is 2.67. The Balaban J connectivity index is 4.05. The van der Waals surface area contributed by atoms with Gasteiger partial charge in [-0.25, -0.2) is 4.79 Å². The fourth-order valence-electron chi connectivity index (χ4n) is 1.31. The van der Waals surface area contributed by atoms with Crippen molar-refractivity contribution in [2.75, 3.05) is 26.9 Å². The van der Waals surface area contributed by atoms with Crippen LogP contribution in [0.25, 0.3) is 0 Å². The van der Waals surface area contributed by atoms with Crippen LogP contribution in [0.3, 0.4) is 0 Å². The SMILES string of the molecule is C=C(CCCC(CO)(CO)CO)C(=O)OC.